The summed E-state index contributed by atoms with van der Waals surface area (Å²) in [4.78, 5) is 25.5. The topological polar surface area (TPSA) is 57.6 Å². The minimum absolute atomic E-state index is 0.0409. The summed E-state index contributed by atoms with van der Waals surface area (Å²) in [7, 11) is 0. The molecule has 1 aliphatic rings. The SMILES string of the molecule is C[C@@H]1C[C@H](C(=O)O)N(C(=O)c2cccc(C(C)(C)C)c2)C1. The number of hydrogen-bond acceptors (Lipinski definition) is 2. The number of aliphatic carboxylic acids is 1. The van der Waals surface area contributed by atoms with E-state index in [2.05, 4.69) is 20.8 Å². The first-order valence-electron chi connectivity index (χ1n) is 7.34. The Kier molecular flexibility index (Phi) is 4.08. The molecule has 1 aliphatic heterocycles. The van der Waals surface area contributed by atoms with Crippen LogP contribution in [0.1, 0.15) is 50.0 Å². The molecular weight excluding hydrogens is 266 g/mol. The van der Waals surface area contributed by atoms with Crippen LogP contribution >= 0.6 is 0 Å². The summed E-state index contributed by atoms with van der Waals surface area (Å²) in [6.45, 7) is 8.77. The van der Waals surface area contributed by atoms with Crippen molar-refractivity contribution in [3.63, 3.8) is 0 Å². The van der Waals surface area contributed by atoms with Crippen LogP contribution in [0.4, 0.5) is 0 Å². The average molecular weight is 289 g/mol. The predicted octanol–water partition coefficient (Wildman–Crippen LogP) is 2.92. The highest BCUT2D eigenvalue weighted by Gasteiger charge is 2.38. The molecule has 1 amide bonds. The molecule has 1 fully saturated rings. The third kappa shape index (κ3) is 3.26. The monoisotopic (exact) mass is 289 g/mol. The van der Waals surface area contributed by atoms with Crippen molar-refractivity contribution in [1.29, 1.82) is 0 Å². The van der Waals surface area contributed by atoms with Gasteiger partial charge in [0, 0.05) is 12.1 Å². The molecule has 1 aromatic carbocycles. The molecule has 0 unspecified atom stereocenters. The molecule has 4 nitrogen and oxygen atoms in total. The Balaban J connectivity index is 2.30. The summed E-state index contributed by atoms with van der Waals surface area (Å²) in [6, 6.07) is 6.80. The Bertz CT molecular complexity index is 559. The molecule has 114 valence electrons. The normalized spacial score (nSPS) is 22.4. The third-order valence-electron chi connectivity index (χ3n) is 4.03. The lowest BCUT2D eigenvalue weighted by molar-refractivity contribution is -0.141. The molecular formula is C17H23NO3. The van der Waals surface area contributed by atoms with E-state index in [-0.39, 0.29) is 17.2 Å². The maximum Gasteiger partial charge on any atom is 0.326 e. The van der Waals surface area contributed by atoms with Crippen LogP contribution < -0.4 is 0 Å². The number of benzene rings is 1. The summed E-state index contributed by atoms with van der Waals surface area (Å²) in [5, 5.41) is 9.29. The van der Waals surface area contributed by atoms with Crippen molar-refractivity contribution in [2.75, 3.05) is 6.54 Å². The van der Waals surface area contributed by atoms with Gasteiger partial charge in [-0.1, -0.05) is 39.8 Å². The Morgan fingerprint density at radius 1 is 1.29 bits per heavy atom. The minimum atomic E-state index is -0.917. The van der Waals surface area contributed by atoms with Gasteiger partial charge < -0.3 is 10.0 Å². The van der Waals surface area contributed by atoms with E-state index < -0.39 is 12.0 Å². The van der Waals surface area contributed by atoms with Gasteiger partial charge in [-0.3, -0.25) is 4.79 Å². The number of amides is 1. The molecule has 21 heavy (non-hydrogen) atoms. The van der Waals surface area contributed by atoms with Crippen molar-refractivity contribution in [2.24, 2.45) is 5.92 Å². The van der Waals surface area contributed by atoms with Gasteiger partial charge in [-0.15, -0.1) is 0 Å². The first-order chi connectivity index (χ1) is 9.70. The average Bonchev–Trinajstić information content (AvgIpc) is 2.79. The van der Waals surface area contributed by atoms with Crippen molar-refractivity contribution in [1.82, 2.24) is 4.90 Å². The summed E-state index contributed by atoms with van der Waals surface area (Å²) in [5.74, 6) is -0.877. The number of carbonyl (C=O) groups excluding carboxylic acids is 1. The molecule has 2 rings (SSSR count). The highest BCUT2D eigenvalue weighted by atomic mass is 16.4. The van der Waals surface area contributed by atoms with E-state index in [9.17, 15) is 14.7 Å². The largest absolute Gasteiger partial charge is 0.480 e. The smallest absolute Gasteiger partial charge is 0.326 e. The van der Waals surface area contributed by atoms with Gasteiger partial charge in [-0.05, 0) is 35.4 Å². The van der Waals surface area contributed by atoms with Crippen LogP contribution in [0.25, 0.3) is 0 Å². The van der Waals surface area contributed by atoms with Crippen LogP contribution in [-0.4, -0.2) is 34.5 Å². The Morgan fingerprint density at radius 2 is 1.95 bits per heavy atom. The zero-order valence-corrected chi connectivity index (χ0v) is 13.1. The number of carbonyl (C=O) groups is 2. The summed E-state index contributed by atoms with van der Waals surface area (Å²) in [6.07, 6.45) is 0.528. The van der Waals surface area contributed by atoms with E-state index in [4.69, 9.17) is 0 Å². The lowest BCUT2D eigenvalue weighted by atomic mass is 9.86. The van der Waals surface area contributed by atoms with Gasteiger partial charge in [-0.25, -0.2) is 4.79 Å². The van der Waals surface area contributed by atoms with Crippen LogP contribution in [-0.2, 0) is 10.2 Å². The first kappa shape index (κ1) is 15.5. The molecule has 2 atom stereocenters. The molecule has 4 heteroatoms. The van der Waals surface area contributed by atoms with Crippen LogP contribution in [0, 0.1) is 5.92 Å². The number of nitrogens with zero attached hydrogens (tertiary/aromatic N) is 1. The van der Waals surface area contributed by atoms with E-state index in [1.807, 2.05) is 25.1 Å². The fourth-order valence-corrected chi connectivity index (χ4v) is 2.79. The second-order valence-electron chi connectivity index (χ2n) is 6.98. The molecule has 0 saturated carbocycles. The molecule has 0 aliphatic carbocycles. The second kappa shape index (κ2) is 5.51. The molecule has 0 aromatic heterocycles. The molecule has 0 bridgehead atoms. The van der Waals surface area contributed by atoms with E-state index in [0.717, 1.165) is 5.56 Å². The Labute approximate surface area is 125 Å². The van der Waals surface area contributed by atoms with Crippen molar-refractivity contribution < 1.29 is 14.7 Å². The minimum Gasteiger partial charge on any atom is -0.480 e. The van der Waals surface area contributed by atoms with Crippen LogP contribution in [0.3, 0.4) is 0 Å². The first-order valence-corrected chi connectivity index (χ1v) is 7.34. The lowest BCUT2D eigenvalue weighted by Crippen LogP contribution is -2.40. The van der Waals surface area contributed by atoms with Crippen molar-refractivity contribution >= 4 is 11.9 Å². The molecule has 1 N–H and O–H groups in total. The number of carboxylic acid groups (broad SMARTS) is 1. The Hall–Kier alpha value is -1.84. The number of likely N-dealkylation sites (tertiary alicyclic amines) is 1. The van der Waals surface area contributed by atoms with Gasteiger partial charge in [0.25, 0.3) is 5.91 Å². The number of hydrogen-bond donors (Lipinski definition) is 1. The quantitative estimate of drug-likeness (QED) is 0.910. The second-order valence-corrected chi connectivity index (χ2v) is 6.98. The zero-order valence-electron chi connectivity index (χ0n) is 13.1. The van der Waals surface area contributed by atoms with Gasteiger partial charge in [0.15, 0.2) is 0 Å². The van der Waals surface area contributed by atoms with Gasteiger partial charge >= 0.3 is 5.97 Å². The van der Waals surface area contributed by atoms with E-state index >= 15 is 0 Å². The van der Waals surface area contributed by atoms with Crippen molar-refractivity contribution in [3.05, 3.63) is 35.4 Å². The molecule has 1 heterocycles. The van der Waals surface area contributed by atoms with Crippen molar-refractivity contribution in [2.45, 2.75) is 45.6 Å². The van der Waals surface area contributed by atoms with Crippen LogP contribution in [0.2, 0.25) is 0 Å². The highest BCUT2D eigenvalue weighted by Crippen LogP contribution is 2.27. The lowest BCUT2D eigenvalue weighted by Gasteiger charge is -2.23. The summed E-state index contributed by atoms with van der Waals surface area (Å²) >= 11 is 0. The number of rotatable bonds is 2. The van der Waals surface area contributed by atoms with Crippen molar-refractivity contribution in [3.8, 4) is 0 Å². The Morgan fingerprint density at radius 3 is 2.52 bits per heavy atom. The van der Waals surface area contributed by atoms with Gasteiger partial charge in [-0.2, -0.15) is 0 Å². The van der Waals surface area contributed by atoms with E-state index in [1.54, 1.807) is 6.07 Å². The highest BCUT2D eigenvalue weighted by molar-refractivity contribution is 5.97. The molecule has 0 spiro atoms. The standard InChI is InChI=1S/C17H23NO3/c1-11-8-14(16(20)21)18(10-11)15(19)12-6-5-7-13(9-12)17(2,3)4/h5-7,9,11,14H,8,10H2,1-4H3,(H,20,21)/t11-,14-/m1/s1. The predicted molar refractivity (Wildman–Crippen MR) is 81.4 cm³/mol. The van der Waals surface area contributed by atoms with Crippen LogP contribution in [0.5, 0.6) is 0 Å². The summed E-state index contributed by atoms with van der Waals surface area (Å²) in [5.41, 5.74) is 1.61. The molecule has 1 aromatic rings. The summed E-state index contributed by atoms with van der Waals surface area (Å²) < 4.78 is 0. The van der Waals surface area contributed by atoms with Gasteiger partial charge in [0.2, 0.25) is 0 Å². The van der Waals surface area contributed by atoms with E-state index in [1.165, 1.54) is 4.90 Å². The number of carboxylic acids is 1. The fraction of sp³-hybridized carbons (Fsp3) is 0.529. The van der Waals surface area contributed by atoms with E-state index in [0.29, 0.717) is 18.5 Å². The van der Waals surface area contributed by atoms with Gasteiger partial charge in [0.05, 0.1) is 0 Å². The molecule has 0 radical (unpaired) electrons. The maximum atomic E-state index is 12.6. The van der Waals surface area contributed by atoms with Crippen LogP contribution in [0.15, 0.2) is 24.3 Å². The molecule has 1 saturated heterocycles. The third-order valence-corrected chi connectivity index (χ3v) is 4.03. The zero-order chi connectivity index (χ0) is 15.8. The van der Waals surface area contributed by atoms with Gasteiger partial charge in [0.1, 0.15) is 6.04 Å². The fourth-order valence-electron chi connectivity index (χ4n) is 2.79. The maximum absolute atomic E-state index is 12.6.